The molecule has 2 heterocycles. The molecule has 1 amide bonds. The lowest BCUT2D eigenvalue weighted by Gasteiger charge is -2.16. The lowest BCUT2D eigenvalue weighted by Crippen LogP contribution is -2.13. The van der Waals surface area contributed by atoms with Crippen molar-refractivity contribution in [2.45, 2.75) is 33.4 Å². The number of hydrogen-bond donors (Lipinski definition) is 2. The number of aryl methyl sites for hydroxylation is 1. The highest BCUT2D eigenvalue weighted by atomic mass is 19.1. The second-order valence-electron chi connectivity index (χ2n) is 7.76. The molecule has 2 aromatic heterocycles. The molecule has 0 saturated heterocycles. The van der Waals surface area contributed by atoms with Crippen LogP contribution in [-0.2, 0) is 6.54 Å². The van der Waals surface area contributed by atoms with E-state index in [1.165, 1.54) is 6.07 Å². The van der Waals surface area contributed by atoms with Crippen LogP contribution in [0, 0.1) is 12.7 Å². The maximum Gasteiger partial charge on any atom is 0.249 e. The minimum absolute atomic E-state index is 0.0666. The highest BCUT2D eigenvalue weighted by Crippen LogP contribution is 2.29. The predicted molar refractivity (Wildman–Crippen MR) is 122 cm³/mol. The molecule has 0 aliphatic heterocycles. The van der Waals surface area contributed by atoms with Crippen molar-refractivity contribution in [3.63, 3.8) is 0 Å². The zero-order chi connectivity index (χ0) is 22.8. The highest BCUT2D eigenvalue weighted by Gasteiger charge is 2.19. The summed E-state index contributed by atoms with van der Waals surface area (Å²) in [5.74, 6) is 0.0922. The van der Waals surface area contributed by atoms with Crippen molar-refractivity contribution in [2.24, 2.45) is 5.73 Å². The molecular formula is C24H24FN5O2. The molecule has 0 radical (unpaired) electrons. The molecule has 0 saturated carbocycles. The fraction of sp³-hybridized carbons (Fsp3) is 0.208. The monoisotopic (exact) mass is 433 g/mol. The molecule has 32 heavy (non-hydrogen) atoms. The second kappa shape index (κ2) is 8.66. The van der Waals surface area contributed by atoms with Gasteiger partial charge >= 0.3 is 0 Å². The van der Waals surface area contributed by atoms with E-state index in [9.17, 15) is 9.18 Å². The molecule has 0 aliphatic rings. The Balaban J connectivity index is 1.81. The summed E-state index contributed by atoms with van der Waals surface area (Å²) in [6, 6.07) is 14.2. The van der Waals surface area contributed by atoms with Crippen molar-refractivity contribution in [1.82, 2.24) is 14.5 Å². The van der Waals surface area contributed by atoms with E-state index < -0.39 is 11.7 Å². The third kappa shape index (κ3) is 4.25. The van der Waals surface area contributed by atoms with E-state index >= 15 is 0 Å². The molecule has 0 bridgehead atoms. The van der Waals surface area contributed by atoms with Gasteiger partial charge in [0.2, 0.25) is 11.9 Å². The average Bonchev–Trinajstić information content (AvgIpc) is 3.08. The summed E-state index contributed by atoms with van der Waals surface area (Å²) in [5.41, 5.74) is 7.85. The number of nitrogens with two attached hydrogens (primary N) is 1. The molecular weight excluding hydrogens is 409 g/mol. The van der Waals surface area contributed by atoms with Crippen LogP contribution in [0.3, 0.4) is 0 Å². The zero-order valence-electron chi connectivity index (χ0n) is 18.1. The summed E-state index contributed by atoms with van der Waals surface area (Å²) >= 11 is 0. The van der Waals surface area contributed by atoms with Gasteiger partial charge in [0.05, 0.1) is 23.4 Å². The molecule has 0 aliphatic carbocycles. The largest absolute Gasteiger partial charge is 0.486 e. The minimum atomic E-state index is -0.696. The Bertz CT molecular complexity index is 1280. The summed E-state index contributed by atoms with van der Waals surface area (Å²) < 4.78 is 21.8. The SMILES string of the molecule is Cc1cc2c(C(N)=O)cc(F)cc2n1-c1ncc(OC(C)C)c(NCc2ccccc2)n1. The van der Waals surface area contributed by atoms with Crippen molar-refractivity contribution in [3.05, 3.63) is 77.4 Å². The van der Waals surface area contributed by atoms with Gasteiger partial charge in [0.25, 0.3) is 0 Å². The molecule has 0 atom stereocenters. The Morgan fingerprint density at radius 2 is 1.97 bits per heavy atom. The molecule has 7 nitrogen and oxygen atoms in total. The third-order valence-electron chi connectivity index (χ3n) is 4.94. The standard InChI is InChI=1S/C24H24FN5O2/c1-14(2)32-21-13-28-24(29-23(21)27-12-16-7-5-4-6-8-16)30-15(3)9-18-19(22(26)31)10-17(25)11-20(18)30/h4-11,13-14H,12H2,1-3H3,(H2,26,31)(H,27,28,29). The molecule has 0 unspecified atom stereocenters. The Kier molecular flexibility index (Phi) is 5.77. The van der Waals surface area contributed by atoms with Gasteiger partial charge in [0.15, 0.2) is 11.6 Å². The van der Waals surface area contributed by atoms with Crippen LogP contribution >= 0.6 is 0 Å². The number of hydrogen-bond acceptors (Lipinski definition) is 5. The zero-order valence-corrected chi connectivity index (χ0v) is 18.1. The summed E-state index contributed by atoms with van der Waals surface area (Å²) in [7, 11) is 0. The normalized spacial score (nSPS) is 11.2. The predicted octanol–water partition coefficient (Wildman–Crippen LogP) is 4.37. The summed E-state index contributed by atoms with van der Waals surface area (Å²) in [5, 5.41) is 3.85. The molecule has 2 aromatic carbocycles. The first-order chi connectivity index (χ1) is 15.3. The number of rotatable bonds is 7. The van der Waals surface area contributed by atoms with Gasteiger partial charge in [-0.3, -0.25) is 9.36 Å². The third-order valence-corrected chi connectivity index (χ3v) is 4.94. The fourth-order valence-electron chi connectivity index (χ4n) is 3.59. The van der Waals surface area contributed by atoms with Gasteiger partial charge in [-0.05, 0) is 44.5 Å². The lowest BCUT2D eigenvalue weighted by atomic mass is 10.1. The van der Waals surface area contributed by atoms with Gasteiger partial charge in [-0.25, -0.2) is 9.37 Å². The van der Waals surface area contributed by atoms with E-state index in [2.05, 4.69) is 15.3 Å². The van der Waals surface area contributed by atoms with E-state index in [1.807, 2.05) is 51.1 Å². The number of carbonyl (C=O) groups is 1. The minimum Gasteiger partial charge on any atom is -0.486 e. The van der Waals surface area contributed by atoms with Crippen molar-refractivity contribution < 1.29 is 13.9 Å². The number of halogens is 1. The molecule has 3 N–H and O–H groups in total. The van der Waals surface area contributed by atoms with Crippen LogP contribution < -0.4 is 15.8 Å². The van der Waals surface area contributed by atoms with Gasteiger partial charge in [-0.2, -0.15) is 4.98 Å². The molecule has 0 spiro atoms. The Labute approximate surface area is 185 Å². The first-order valence-corrected chi connectivity index (χ1v) is 10.3. The van der Waals surface area contributed by atoms with Crippen LogP contribution in [0.2, 0.25) is 0 Å². The molecule has 8 heteroatoms. The van der Waals surface area contributed by atoms with E-state index in [-0.39, 0.29) is 11.7 Å². The number of nitrogens with one attached hydrogen (secondary N) is 1. The van der Waals surface area contributed by atoms with Crippen molar-refractivity contribution in [3.8, 4) is 11.7 Å². The van der Waals surface area contributed by atoms with Gasteiger partial charge in [-0.1, -0.05) is 30.3 Å². The van der Waals surface area contributed by atoms with Crippen LogP contribution in [-0.4, -0.2) is 26.5 Å². The van der Waals surface area contributed by atoms with Crippen LogP contribution in [0.5, 0.6) is 5.75 Å². The van der Waals surface area contributed by atoms with Crippen LogP contribution in [0.25, 0.3) is 16.9 Å². The number of ether oxygens (including phenoxy) is 1. The van der Waals surface area contributed by atoms with E-state index in [1.54, 1.807) is 16.8 Å². The molecule has 164 valence electrons. The first-order valence-electron chi connectivity index (χ1n) is 10.3. The smallest absolute Gasteiger partial charge is 0.249 e. The number of benzene rings is 2. The summed E-state index contributed by atoms with van der Waals surface area (Å²) in [6.07, 6.45) is 1.53. The topological polar surface area (TPSA) is 95.1 Å². The number of nitrogens with zero attached hydrogens (tertiary/aromatic N) is 3. The molecule has 0 fully saturated rings. The lowest BCUT2D eigenvalue weighted by molar-refractivity contribution is 0.100. The molecule has 4 aromatic rings. The average molecular weight is 433 g/mol. The second-order valence-corrected chi connectivity index (χ2v) is 7.76. The summed E-state index contributed by atoms with van der Waals surface area (Å²) in [6.45, 7) is 6.22. The first kappa shape index (κ1) is 21.3. The Morgan fingerprint density at radius 1 is 1.22 bits per heavy atom. The van der Waals surface area contributed by atoms with E-state index in [4.69, 9.17) is 10.5 Å². The quantitative estimate of drug-likeness (QED) is 0.451. The number of carbonyl (C=O) groups excluding carboxylic acids is 1. The van der Waals surface area contributed by atoms with Gasteiger partial charge in [0.1, 0.15) is 5.82 Å². The Morgan fingerprint density at radius 3 is 2.66 bits per heavy atom. The number of fused-ring (bicyclic) bond motifs is 1. The van der Waals surface area contributed by atoms with Gasteiger partial charge in [-0.15, -0.1) is 0 Å². The maximum absolute atomic E-state index is 14.3. The van der Waals surface area contributed by atoms with Crippen molar-refractivity contribution in [1.29, 1.82) is 0 Å². The fourth-order valence-corrected chi connectivity index (χ4v) is 3.59. The number of primary amides is 1. The summed E-state index contributed by atoms with van der Waals surface area (Å²) in [4.78, 5) is 21.0. The van der Waals surface area contributed by atoms with Crippen molar-refractivity contribution in [2.75, 3.05) is 5.32 Å². The molecule has 4 rings (SSSR count). The maximum atomic E-state index is 14.3. The highest BCUT2D eigenvalue weighted by molar-refractivity contribution is 6.06. The van der Waals surface area contributed by atoms with E-state index in [0.29, 0.717) is 35.0 Å². The van der Waals surface area contributed by atoms with Crippen LogP contribution in [0.4, 0.5) is 10.2 Å². The van der Waals surface area contributed by atoms with Gasteiger partial charge < -0.3 is 15.8 Å². The number of anilines is 1. The number of aromatic nitrogens is 3. The van der Waals surface area contributed by atoms with Crippen LogP contribution in [0.1, 0.15) is 35.5 Å². The number of amides is 1. The van der Waals surface area contributed by atoms with Gasteiger partial charge in [0, 0.05) is 17.6 Å². The van der Waals surface area contributed by atoms with Crippen LogP contribution in [0.15, 0.2) is 54.7 Å². The Hall–Kier alpha value is -3.94. The van der Waals surface area contributed by atoms with Crippen molar-refractivity contribution >= 4 is 22.6 Å². The van der Waals surface area contributed by atoms with E-state index in [0.717, 1.165) is 17.3 Å².